The highest BCUT2D eigenvalue weighted by atomic mass is 16.5. The number of guanidine groups is 1. The van der Waals surface area contributed by atoms with Crippen molar-refractivity contribution in [3.8, 4) is 11.5 Å². The Hall–Kier alpha value is -1.91. The normalized spacial score (nSPS) is 14.6. The van der Waals surface area contributed by atoms with Crippen LogP contribution in [0.4, 0.5) is 5.69 Å². The van der Waals surface area contributed by atoms with E-state index in [0.29, 0.717) is 19.1 Å². The molecule has 1 heterocycles. The lowest BCUT2D eigenvalue weighted by molar-refractivity contribution is 0.297. The lowest BCUT2D eigenvalue weighted by atomic mass is 10.1. The van der Waals surface area contributed by atoms with E-state index in [9.17, 15) is 0 Å². The molecule has 0 fully saturated rings. The molecule has 0 atom stereocenters. The molecule has 0 unspecified atom stereocenters. The van der Waals surface area contributed by atoms with E-state index in [-0.39, 0.29) is 0 Å². The number of nitrogens with zero attached hydrogens (tertiary/aromatic N) is 1. The maximum Gasteiger partial charge on any atom is 0.195 e. The van der Waals surface area contributed by atoms with Gasteiger partial charge in [-0.05, 0) is 31.4 Å². The molecule has 0 amide bonds. The van der Waals surface area contributed by atoms with E-state index in [1.54, 1.807) is 0 Å². The fourth-order valence-corrected chi connectivity index (χ4v) is 2.12. The average molecular weight is 305 g/mol. The third kappa shape index (κ3) is 5.13. The zero-order chi connectivity index (χ0) is 15.8. The summed E-state index contributed by atoms with van der Waals surface area (Å²) in [5.41, 5.74) is 0.952. The predicted molar refractivity (Wildman–Crippen MR) is 91.1 cm³/mol. The molecule has 0 saturated heterocycles. The Morgan fingerprint density at radius 3 is 2.73 bits per heavy atom. The van der Waals surface area contributed by atoms with Crippen molar-refractivity contribution in [1.29, 1.82) is 0 Å². The largest absolute Gasteiger partial charge is 0.490 e. The van der Waals surface area contributed by atoms with Crippen LogP contribution >= 0.6 is 0 Å². The van der Waals surface area contributed by atoms with Gasteiger partial charge in [-0.3, -0.25) is 4.99 Å². The number of hydrogen-bond donors (Lipinski definition) is 2. The first-order valence-corrected chi connectivity index (χ1v) is 8.14. The van der Waals surface area contributed by atoms with Gasteiger partial charge in [0.05, 0.1) is 13.2 Å². The molecule has 0 bridgehead atoms. The van der Waals surface area contributed by atoms with Gasteiger partial charge in [-0.25, -0.2) is 0 Å². The molecule has 0 radical (unpaired) electrons. The zero-order valence-electron chi connectivity index (χ0n) is 13.8. The molecule has 0 aliphatic carbocycles. The molecule has 1 aliphatic rings. The Kier molecular flexibility index (Phi) is 6.37. The highest BCUT2D eigenvalue weighted by molar-refractivity contribution is 5.93. The van der Waals surface area contributed by atoms with Crippen LogP contribution in [0.25, 0.3) is 0 Å². The number of rotatable bonds is 5. The smallest absolute Gasteiger partial charge is 0.195 e. The van der Waals surface area contributed by atoms with Crippen molar-refractivity contribution >= 4 is 11.6 Å². The second-order valence-corrected chi connectivity index (χ2v) is 5.78. The number of aliphatic imine (C=N–C) groups is 1. The van der Waals surface area contributed by atoms with E-state index in [4.69, 9.17) is 9.47 Å². The van der Waals surface area contributed by atoms with Crippen molar-refractivity contribution in [3.05, 3.63) is 18.2 Å². The number of benzene rings is 1. The Morgan fingerprint density at radius 1 is 1.23 bits per heavy atom. The summed E-state index contributed by atoms with van der Waals surface area (Å²) < 4.78 is 11.4. The molecule has 1 aliphatic heterocycles. The molecule has 2 rings (SSSR count). The van der Waals surface area contributed by atoms with Crippen LogP contribution < -0.4 is 20.1 Å². The monoisotopic (exact) mass is 305 g/mol. The van der Waals surface area contributed by atoms with Gasteiger partial charge in [-0.1, -0.05) is 13.8 Å². The van der Waals surface area contributed by atoms with Crippen molar-refractivity contribution in [2.75, 3.05) is 31.6 Å². The maximum atomic E-state index is 5.72. The van der Waals surface area contributed by atoms with E-state index in [2.05, 4.69) is 36.4 Å². The number of nitrogens with one attached hydrogen (secondary N) is 2. The summed E-state index contributed by atoms with van der Waals surface area (Å²) in [6.07, 6.45) is 1.99. The summed E-state index contributed by atoms with van der Waals surface area (Å²) in [6, 6.07) is 5.90. The number of hydrogen-bond acceptors (Lipinski definition) is 3. The molecule has 0 saturated carbocycles. The van der Waals surface area contributed by atoms with Crippen molar-refractivity contribution in [1.82, 2.24) is 5.32 Å². The minimum atomic E-state index is 0.657. The van der Waals surface area contributed by atoms with Crippen molar-refractivity contribution in [2.45, 2.75) is 33.6 Å². The fraction of sp³-hybridized carbons (Fsp3) is 0.588. The first-order valence-electron chi connectivity index (χ1n) is 8.14. The van der Waals surface area contributed by atoms with Crippen LogP contribution in [-0.4, -0.2) is 32.3 Å². The highest BCUT2D eigenvalue weighted by Crippen LogP contribution is 2.32. The molecule has 22 heavy (non-hydrogen) atoms. The third-order valence-corrected chi connectivity index (χ3v) is 3.33. The van der Waals surface area contributed by atoms with Gasteiger partial charge in [0.25, 0.3) is 0 Å². The van der Waals surface area contributed by atoms with Crippen LogP contribution in [0.2, 0.25) is 0 Å². The van der Waals surface area contributed by atoms with Gasteiger partial charge in [0.15, 0.2) is 17.5 Å². The van der Waals surface area contributed by atoms with Gasteiger partial charge in [0, 0.05) is 31.3 Å². The standard InChI is InChI=1S/C17H27N3O2/c1-4-18-17(19-9-8-13(2)3)20-14-6-7-15-16(12-14)22-11-5-10-21-15/h6-7,12-13H,4-5,8-11H2,1-3H3,(H2,18,19,20). The topological polar surface area (TPSA) is 54.9 Å². The van der Waals surface area contributed by atoms with Crippen molar-refractivity contribution in [3.63, 3.8) is 0 Å². The molecule has 5 heteroatoms. The summed E-state index contributed by atoms with van der Waals surface area (Å²) in [6.45, 7) is 9.53. The lowest BCUT2D eigenvalue weighted by Gasteiger charge is -2.14. The summed E-state index contributed by atoms with van der Waals surface area (Å²) in [7, 11) is 0. The van der Waals surface area contributed by atoms with E-state index in [1.165, 1.54) is 0 Å². The van der Waals surface area contributed by atoms with Gasteiger partial charge in [-0.2, -0.15) is 0 Å². The lowest BCUT2D eigenvalue weighted by Crippen LogP contribution is -2.30. The number of anilines is 1. The van der Waals surface area contributed by atoms with Crippen LogP contribution in [0.5, 0.6) is 11.5 Å². The summed E-state index contributed by atoms with van der Waals surface area (Å²) in [5, 5.41) is 6.59. The Morgan fingerprint density at radius 2 is 2.00 bits per heavy atom. The molecule has 0 aromatic heterocycles. The van der Waals surface area contributed by atoms with E-state index >= 15 is 0 Å². The van der Waals surface area contributed by atoms with Crippen LogP contribution in [0.1, 0.15) is 33.6 Å². The van der Waals surface area contributed by atoms with Gasteiger partial charge in [0.2, 0.25) is 0 Å². The van der Waals surface area contributed by atoms with Crippen molar-refractivity contribution in [2.24, 2.45) is 10.9 Å². The quantitative estimate of drug-likeness (QED) is 0.647. The minimum Gasteiger partial charge on any atom is -0.490 e. The molecular weight excluding hydrogens is 278 g/mol. The molecule has 1 aromatic rings. The average Bonchev–Trinajstić information content (AvgIpc) is 2.72. The van der Waals surface area contributed by atoms with E-state index in [0.717, 1.165) is 49.1 Å². The Labute approximate surface area is 133 Å². The summed E-state index contributed by atoms with van der Waals surface area (Å²) in [4.78, 5) is 4.60. The molecule has 122 valence electrons. The second kappa shape index (κ2) is 8.51. The summed E-state index contributed by atoms with van der Waals surface area (Å²) >= 11 is 0. The van der Waals surface area contributed by atoms with Crippen LogP contribution in [0, 0.1) is 5.92 Å². The Bertz CT molecular complexity index is 501. The van der Waals surface area contributed by atoms with Gasteiger partial charge >= 0.3 is 0 Å². The minimum absolute atomic E-state index is 0.657. The van der Waals surface area contributed by atoms with E-state index in [1.807, 2.05) is 18.2 Å². The first-order chi connectivity index (χ1) is 10.7. The second-order valence-electron chi connectivity index (χ2n) is 5.78. The molecule has 1 aromatic carbocycles. The molecule has 0 spiro atoms. The SMILES string of the molecule is CCNC(=NCCC(C)C)Nc1ccc2c(c1)OCCCO2. The van der Waals surface area contributed by atoms with Gasteiger partial charge in [0.1, 0.15) is 0 Å². The first kappa shape index (κ1) is 16.5. The van der Waals surface area contributed by atoms with Crippen LogP contribution in [-0.2, 0) is 0 Å². The molecular formula is C17H27N3O2. The number of fused-ring (bicyclic) bond motifs is 1. The third-order valence-electron chi connectivity index (χ3n) is 3.33. The van der Waals surface area contributed by atoms with Crippen LogP contribution in [0.3, 0.4) is 0 Å². The molecule has 2 N–H and O–H groups in total. The highest BCUT2D eigenvalue weighted by Gasteiger charge is 2.11. The fourth-order valence-electron chi connectivity index (χ4n) is 2.12. The molecule has 5 nitrogen and oxygen atoms in total. The van der Waals surface area contributed by atoms with Crippen molar-refractivity contribution < 1.29 is 9.47 Å². The van der Waals surface area contributed by atoms with Crippen LogP contribution in [0.15, 0.2) is 23.2 Å². The number of ether oxygens (including phenoxy) is 2. The summed E-state index contributed by atoms with van der Waals surface area (Å²) in [5.74, 6) is 3.06. The predicted octanol–water partition coefficient (Wildman–Crippen LogP) is 3.27. The van der Waals surface area contributed by atoms with E-state index < -0.39 is 0 Å². The van der Waals surface area contributed by atoms with Gasteiger partial charge < -0.3 is 20.1 Å². The maximum absolute atomic E-state index is 5.72. The zero-order valence-corrected chi connectivity index (χ0v) is 13.8. The van der Waals surface area contributed by atoms with Gasteiger partial charge in [-0.15, -0.1) is 0 Å². The Balaban J connectivity index is 2.04.